The second-order valence-electron chi connectivity index (χ2n) is 8.37. The van der Waals surface area contributed by atoms with Gasteiger partial charge in [0.2, 0.25) is 5.91 Å². The molecule has 186 valence electrons. The summed E-state index contributed by atoms with van der Waals surface area (Å²) in [5, 5.41) is 0. The summed E-state index contributed by atoms with van der Waals surface area (Å²) >= 11 is 0. The molecule has 2 N–H and O–H groups in total. The number of benzene rings is 2. The van der Waals surface area contributed by atoms with E-state index in [1.165, 1.54) is 0 Å². The van der Waals surface area contributed by atoms with Crippen LogP contribution in [0, 0.1) is 19.4 Å². The molecule has 0 radical (unpaired) electrons. The Morgan fingerprint density at radius 3 is 2.50 bits per heavy atom. The van der Waals surface area contributed by atoms with Crippen molar-refractivity contribution in [1.29, 1.82) is 0 Å². The Morgan fingerprint density at radius 2 is 1.92 bits per heavy atom. The van der Waals surface area contributed by atoms with Gasteiger partial charge in [-0.2, -0.15) is 13.2 Å². The van der Waals surface area contributed by atoms with Gasteiger partial charge in [-0.25, -0.2) is 4.98 Å². The number of anilines is 1. The monoisotopic (exact) mass is 508 g/mol. The molecule has 0 spiro atoms. The molecular formula is C26H28F3N4NaO2. The number of nitrogens with zero attached hydrogens (tertiary/aromatic N) is 3. The number of nitrogens with two attached hydrogens (primary N) is 1. The molecule has 2 heterocycles. The van der Waals surface area contributed by atoms with Crippen LogP contribution in [0.25, 0.3) is 11.4 Å². The zero-order valence-corrected chi connectivity index (χ0v) is 22.8. The second-order valence-corrected chi connectivity index (χ2v) is 8.37. The number of hydrogen-bond acceptors (Lipinski definition) is 4. The summed E-state index contributed by atoms with van der Waals surface area (Å²) in [6.07, 6.45) is 0.504. The first-order valence-electron chi connectivity index (χ1n) is 11.0. The smallest absolute Gasteiger partial charge is 0.496 e. The Labute approximate surface area is 231 Å². The van der Waals surface area contributed by atoms with Gasteiger partial charge in [-0.3, -0.25) is 11.4 Å². The summed E-state index contributed by atoms with van der Waals surface area (Å²) in [7, 11) is 1.61. The van der Waals surface area contributed by atoms with Crippen LogP contribution >= 0.6 is 0 Å². The third kappa shape index (κ3) is 7.38. The Bertz CT molecular complexity index is 1210. The molecule has 0 fully saturated rings. The van der Waals surface area contributed by atoms with Crippen LogP contribution in [0.3, 0.4) is 0 Å². The largest absolute Gasteiger partial charge is 1.00 e. The number of halogens is 3. The molecule has 1 atom stereocenters. The van der Waals surface area contributed by atoms with Gasteiger partial charge in [0.15, 0.2) is 0 Å². The van der Waals surface area contributed by atoms with Gasteiger partial charge in [-0.1, -0.05) is 37.3 Å². The number of alkyl halides is 3. The van der Waals surface area contributed by atoms with Gasteiger partial charge in [0.1, 0.15) is 12.3 Å². The van der Waals surface area contributed by atoms with E-state index in [2.05, 4.69) is 4.98 Å². The molecule has 1 aromatic heterocycles. The number of hydrogen-bond donors (Lipinski definition) is 1. The molecule has 0 aliphatic carbocycles. The number of ether oxygens (including phenoxy) is 1. The average Bonchev–Trinajstić information content (AvgIpc) is 3.21. The van der Waals surface area contributed by atoms with Crippen LogP contribution in [0.2, 0.25) is 0 Å². The van der Waals surface area contributed by atoms with Crippen LogP contribution in [0.5, 0.6) is 5.75 Å². The van der Waals surface area contributed by atoms with E-state index in [4.69, 9.17) is 17.0 Å². The van der Waals surface area contributed by atoms with Crippen LogP contribution < -0.4 is 44.9 Å². The molecule has 0 bridgehead atoms. The molecule has 0 unspecified atom stereocenters. The van der Waals surface area contributed by atoms with Crippen molar-refractivity contribution in [3.05, 3.63) is 78.4 Å². The molecule has 1 amide bonds. The SMILES string of the molecule is C[C@@H]1CCc2ccccc2N(CC(F)(F)F)C1=O.[CH-]=C(N)c1ccc(-n2cnc(C)c2)c(OC)c1.[Na+]. The maximum absolute atomic E-state index is 12.6. The predicted molar refractivity (Wildman–Crippen MR) is 129 cm³/mol. The number of fused-ring (bicyclic) bond motifs is 1. The van der Waals surface area contributed by atoms with Gasteiger partial charge in [0, 0.05) is 17.8 Å². The zero-order chi connectivity index (χ0) is 25.8. The van der Waals surface area contributed by atoms with E-state index in [-0.39, 0.29) is 41.2 Å². The van der Waals surface area contributed by atoms with E-state index in [0.29, 0.717) is 24.3 Å². The Kier molecular flexibility index (Phi) is 10.2. The Hall–Kier alpha value is -2.75. The minimum atomic E-state index is -4.38. The summed E-state index contributed by atoms with van der Waals surface area (Å²) < 4.78 is 44.9. The van der Waals surface area contributed by atoms with E-state index >= 15 is 0 Å². The summed E-state index contributed by atoms with van der Waals surface area (Å²) in [5.74, 6) is -0.120. The number of amides is 1. The summed E-state index contributed by atoms with van der Waals surface area (Å²) in [6, 6.07) is 12.4. The van der Waals surface area contributed by atoms with E-state index in [1.807, 2.05) is 29.8 Å². The summed E-state index contributed by atoms with van der Waals surface area (Å²) in [4.78, 5) is 17.1. The number of carbonyl (C=O) groups excluding carboxylic acids is 1. The molecule has 3 aromatic rings. The van der Waals surface area contributed by atoms with Crippen LogP contribution in [0.4, 0.5) is 18.9 Å². The van der Waals surface area contributed by atoms with Gasteiger partial charge >= 0.3 is 35.7 Å². The van der Waals surface area contributed by atoms with Crippen molar-refractivity contribution >= 4 is 17.3 Å². The van der Waals surface area contributed by atoms with Crippen molar-refractivity contribution < 1.29 is 52.3 Å². The van der Waals surface area contributed by atoms with Gasteiger partial charge in [0.25, 0.3) is 0 Å². The Balaban J connectivity index is 0.000000247. The minimum Gasteiger partial charge on any atom is -0.496 e. The number of carbonyl (C=O) groups is 1. The number of methoxy groups -OCH3 is 1. The second kappa shape index (κ2) is 12.5. The molecule has 1 aliphatic rings. The first-order chi connectivity index (χ1) is 16.5. The first-order valence-corrected chi connectivity index (χ1v) is 11.0. The molecule has 36 heavy (non-hydrogen) atoms. The molecule has 6 nitrogen and oxygen atoms in total. The standard InChI is InChI=1S/C13H14F3NO.C13H14N3O.Na/c1-9-6-7-10-4-2-3-5-11(10)17(12(9)18)8-13(14,15)16;1-9-7-16(8-15-9)12-5-4-11(10(2)14)6-13(12)17-3;/h2-5,9H,6-8H2,1H3;2,4-8H,14H2,1,3H3;/q;-1;+1/t9-;;/m1../s1. The van der Waals surface area contributed by atoms with E-state index in [9.17, 15) is 18.0 Å². The van der Waals surface area contributed by atoms with Gasteiger partial charge in [-0.15, -0.1) is 17.3 Å². The summed E-state index contributed by atoms with van der Waals surface area (Å²) in [5.41, 5.74) is 9.62. The van der Waals surface area contributed by atoms with Crippen molar-refractivity contribution in [3.8, 4) is 11.4 Å². The van der Waals surface area contributed by atoms with Crippen molar-refractivity contribution in [2.24, 2.45) is 11.7 Å². The van der Waals surface area contributed by atoms with Gasteiger partial charge in [0.05, 0.1) is 24.8 Å². The van der Waals surface area contributed by atoms with Crippen molar-refractivity contribution in [1.82, 2.24) is 9.55 Å². The Morgan fingerprint density at radius 1 is 1.22 bits per heavy atom. The molecule has 4 rings (SSSR count). The molecule has 10 heteroatoms. The average molecular weight is 509 g/mol. The first kappa shape index (κ1) is 29.5. The summed E-state index contributed by atoms with van der Waals surface area (Å²) in [6.45, 7) is 7.95. The number of aromatic nitrogens is 2. The molecule has 2 aromatic carbocycles. The van der Waals surface area contributed by atoms with Crippen LogP contribution in [0.15, 0.2) is 55.0 Å². The van der Waals surface area contributed by atoms with Crippen molar-refractivity contribution in [2.75, 3.05) is 18.6 Å². The molecule has 0 saturated carbocycles. The van der Waals surface area contributed by atoms with Crippen molar-refractivity contribution in [2.45, 2.75) is 32.9 Å². The van der Waals surface area contributed by atoms with Crippen molar-refractivity contribution in [3.63, 3.8) is 0 Å². The fourth-order valence-electron chi connectivity index (χ4n) is 3.83. The van der Waals surface area contributed by atoms with Crippen LogP contribution in [-0.4, -0.2) is 35.3 Å². The fraction of sp³-hybridized carbons (Fsp3) is 0.308. The van der Waals surface area contributed by atoms with E-state index in [1.54, 1.807) is 50.7 Å². The number of imidazole rings is 1. The van der Waals surface area contributed by atoms with Crippen LogP contribution in [0.1, 0.15) is 30.2 Å². The molecular weight excluding hydrogens is 480 g/mol. The van der Waals surface area contributed by atoms with Gasteiger partial charge < -0.3 is 19.9 Å². The van der Waals surface area contributed by atoms with E-state index < -0.39 is 18.6 Å². The number of rotatable bonds is 4. The number of para-hydroxylation sites is 1. The maximum Gasteiger partial charge on any atom is 1.00 e. The molecule has 1 aliphatic heterocycles. The third-order valence-electron chi connectivity index (χ3n) is 5.66. The maximum atomic E-state index is 12.6. The van der Waals surface area contributed by atoms with Gasteiger partial charge in [-0.05, 0) is 31.4 Å². The zero-order valence-electron chi connectivity index (χ0n) is 20.8. The number of aryl methyl sites for hydroxylation is 2. The fourth-order valence-corrected chi connectivity index (χ4v) is 3.83. The third-order valence-corrected chi connectivity index (χ3v) is 5.66. The minimum absolute atomic E-state index is 0. The normalized spacial score (nSPS) is 15.1. The molecule has 0 saturated heterocycles. The predicted octanol–water partition coefficient (Wildman–Crippen LogP) is 2.09. The quantitative estimate of drug-likeness (QED) is 0.433. The van der Waals surface area contributed by atoms with Crippen LogP contribution in [-0.2, 0) is 11.2 Å². The topological polar surface area (TPSA) is 73.4 Å². The van der Waals surface area contributed by atoms with E-state index in [0.717, 1.165) is 27.4 Å².